The fourth-order valence-electron chi connectivity index (χ4n) is 2.17. The summed E-state index contributed by atoms with van der Waals surface area (Å²) in [6, 6.07) is 7.78. The van der Waals surface area contributed by atoms with Gasteiger partial charge in [-0.2, -0.15) is 0 Å². The van der Waals surface area contributed by atoms with Gasteiger partial charge in [-0.05, 0) is 49.9 Å². The molecular weight excluding hydrogens is 282 g/mol. The average molecular weight is 311 g/mol. The van der Waals surface area contributed by atoms with Crippen molar-refractivity contribution in [3.8, 4) is 0 Å². The zero-order valence-electron chi connectivity index (χ0n) is 13.9. The smallest absolute Gasteiger partial charge is 0.178 e. The van der Waals surface area contributed by atoms with Crippen molar-refractivity contribution in [2.24, 2.45) is 0 Å². The van der Waals surface area contributed by atoms with Crippen molar-refractivity contribution in [3.05, 3.63) is 29.8 Å². The molecule has 0 saturated heterocycles. The van der Waals surface area contributed by atoms with Gasteiger partial charge in [0, 0.05) is 6.04 Å². The van der Waals surface area contributed by atoms with Crippen molar-refractivity contribution in [2.75, 3.05) is 12.8 Å². The summed E-state index contributed by atoms with van der Waals surface area (Å²) in [5.74, 6) is 0.234. The summed E-state index contributed by atoms with van der Waals surface area (Å²) in [7, 11) is -1.22. The first-order valence-corrected chi connectivity index (χ1v) is 9.32. The molecule has 0 saturated carbocycles. The van der Waals surface area contributed by atoms with Crippen molar-refractivity contribution in [1.29, 1.82) is 0 Å². The first-order chi connectivity index (χ1) is 9.66. The molecule has 0 aliphatic heterocycles. The van der Waals surface area contributed by atoms with E-state index in [0.717, 1.165) is 24.8 Å². The van der Waals surface area contributed by atoms with Gasteiger partial charge in [-0.1, -0.05) is 39.3 Å². The minimum atomic E-state index is -3.15. The molecule has 0 aromatic heterocycles. The summed E-state index contributed by atoms with van der Waals surface area (Å²) in [6.45, 7) is 8.48. The lowest BCUT2D eigenvalue weighted by atomic mass is 9.87. The van der Waals surface area contributed by atoms with Crippen LogP contribution in [-0.4, -0.2) is 27.3 Å². The molecule has 0 aliphatic carbocycles. The van der Waals surface area contributed by atoms with Crippen LogP contribution in [0, 0.1) is 0 Å². The molecule has 0 bridgehead atoms. The Morgan fingerprint density at radius 2 is 1.67 bits per heavy atom. The molecule has 1 aromatic carbocycles. The minimum Gasteiger partial charge on any atom is -0.317 e. The van der Waals surface area contributed by atoms with Crippen molar-refractivity contribution < 1.29 is 8.42 Å². The van der Waals surface area contributed by atoms with Gasteiger partial charge in [0.05, 0.1) is 10.6 Å². The Morgan fingerprint density at radius 1 is 1.10 bits per heavy atom. The quantitative estimate of drug-likeness (QED) is 0.784. The maximum Gasteiger partial charge on any atom is 0.178 e. The van der Waals surface area contributed by atoms with E-state index < -0.39 is 9.84 Å². The lowest BCUT2D eigenvalue weighted by Crippen LogP contribution is -2.21. The molecule has 3 nitrogen and oxygen atoms in total. The number of hydrogen-bond donors (Lipinski definition) is 1. The molecule has 1 atom stereocenters. The maximum atomic E-state index is 12.3. The number of rotatable bonds is 7. The maximum absolute atomic E-state index is 12.3. The number of benzene rings is 1. The topological polar surface area (TPSA) is 46.2 Å². The summed E-state index contributed by atoms with van der Waals surface area (Å²) in [5.41, 5.74) is 1.20. The third-order valence-corrected chi connectivity index (χ3v) is 5.69. The highest BCUT2D eigenvalue weighted by Gasteiger charge is 2.17. The molecule has 1 N–H and O–H groups in total. The van der Waals surface area contributed by atoms with Gasteiger partial charge in [0.25, 0.3) is 0 Å². The second kappa shape index (κ2) is 7.41. The van der Waals surface area contributed by atoms with Crippen LogP contribution in [0.4, 0.5) is 0 Å². The number of nitrogens with one attached hydrogen (secondary N) is 1. The summed E-state index contributed by atoms with van der Waals surface area (Å²) in [4.78, 5) is 0.442. The van der Waals surface area contributed by atoms with E-state index in [9.17, 15) is 8.42 Å². The van der Waals surface area contributed by atoms with Crippen LogP contribution in [0.3, 0.4) is 0 Å². The Kier molecular flexibility index (Phi) is 6.41. The van der Waals surface area contributed by atoms with Crippen LogP contribution in [0.5, 0.6) is 0 Å². The zero-order valence-corrected chi connectivity index (χ0v) is 14.8. The summed E-state index contributed by atoms with van der Waals surface area (Å²) < 4.78 is 24.6. The van der Waals surface area contributed by atoms with Crippen LogP contribution < -0.4 is 5.32 Å². The molecule has 4 heteroatoms. The summed E-state index contributed by atoms with van der Waals surface area (Å²) >= 11 is 0. The highest BCUT2D eigenvalue weighted by molar-refractivity contribution is 7.91. The van der Waals surface area contributed by atoms with Crippen molar-refractivity contribution in [2.45, 2.75) is 63.3 Å². The van der Waals surface area contributed by atoms with Gasteiger partial charge in [0.2, 0.25) is 0 Å². The van der Waals surface area contributed by atoms with E-state index >= 15 is 0 Å². The van der Waals surface area contributed by atoms with Gasteiger partial charge >= 0.3 is 0 Å². The Morgan fingerprint density at radius 3 is 2.14 bits per heavy atom. The van der Waals surface area contributed by atoms with Crippen LogP contribution >= 0.6 is 0 Å². The van der Waals surface area contributed by atoms with E-state index in [4.69, 9.17) is 0 Å². The van der Waals surface area contributed by atoms with Gasteiger partial charge in [0.15, 0.2) is 9.84 Å². The summed E-state index contributed by atoms with van der Waals surface area (Å²) in [6.07, 6.45) is 2.66. The first-order valence-electron chi connectivity index (χ1n) is 7.67. The van der Waals surface area contributed by atoms with E-state index in [1.807, 2.05) is 19.2 Å². The lowest BCUT2D eigenvalue weighted by Gasteiger charge is -2.19. The fourth-order valence-corrected chi connectivity index (χ4v) is 3.54. The molecule has 1 unspecified atom stereocenters. The van der Waals surface area contributed by atoms with Crippen LogP contribution in [0.25, 0.3) is 0 Å². The minimum absolute atomic E-state index is 0.0472. The van der Waals surface area contributed by atoms with Gasteiger partial charge < -0.3 is 5.32 Å². The predicted octanol–water partition coefficient (Wildman–Crippen LogP) is 3.54. The number of hydrogen-bond acceptors (Lipinski definition) is 3. The number of sulfone groups is 1. The second-order valence-electron chi connectivity index (χ2n) is 6.78. The second-order valence-corrected chi connectivity index (χ2v) is 8.89. The molecule has 1 aromatic rings. The van der Waals surface area contributed by atoms with Gasteiger partial charge in [0.1, 0.15) is 0 Å². The normalized spacial score (nSPS) is 14.1. The van der Waals surface area contributed by atoms with E-state index in [0.29, 0.717) is 10.9 Å². The van der Waals surface area contributed by atoms with E-state index in [-0.39, 0.29) is 11.2 Å². The highest BCUT2D eigenvalue weighted by Crippen LogP contribution is 2.24. The van der Waals surface area contributed by atoms with Crippen LogP contribution in [0.15, 0.2) is 29.2 Å². The Labute approximate surface area is 130 Å². The molecule has 0 amide bonds. The van der Waals surface area contributed by atoms with Gasteiger partial charge in [-0.15, -0.1) is 0 Å². The predicted molar refractivity (Wildman–Crippen MR) is 89.6 cm³/mol. The van der Waals surface area contributed by atoms with Gasteiger partial charge in [-0.25, -0.2) is 8.42 Å². The molecule has 120 valence electrons. The van der Waals surface area contributed by atoms with E-state index in [1.165, 1.54) is 0 Å². The summed E-state index contributed by atoms with van der Waals surface area (Å²) in [5, 5.41) is 3.17. The zero-order chi connectivity index (χ0) is 16.1. The van der Waals surface area contributed by atoms with E-state index in [2.05, 4.69) is 33.0 Å². The SMILES string of the molecule is CNC(C)CCCCS(=O)(=O)c1ccc(C(C)(C)C)cc1. The molecular formula is C17H29NO2S. The van der Waals surface area contributed by atoms with Crippen molar-refractivity contribution in [3.63, 3.8) is 0 Å². The number of unbranched alkanes of at least 4 members (excludes halogenated alkanes) is 1. The Balaban J connectivity index is 2.62. The van der Waals surface area contributed by atoms with Crippen LogP contribution in [-0.2, 0) is 15.3 Å². The molecule has 0 aliphatic rings. The third kappa shape index (κ3) is 5.79. The van der Waals surface area contributed by atoms with Gasteiger partial charge in [-0.3, -0.25) is 0 Å². The largest absolute Gasteiger partial charge is 0.317 e. The molecule has 21 heavy (non-hydrogen) atoms. The standard InChI is InChI=1S/C17H29NO2S/c1-14(18-5)8-6-7-13-21(19,20)16-11-9-15(10-12-16)17(2,3)4/h9-12,14,18H,6-8,13H2,1-5H3. The highest BCUT2D eigenvalue weighted by atomic mass is 32.2. The van der Waals surface area contributed by atoms with E-state index in [1.54, 1.807) is 12.1 Å². The third-order valence-electron chi connectivity index (χ3n) is 3.87. The van der Waals surface area contributed by atoms with Crippen molar-refractivity contribution >= 4 is 9.84 Å². The first kappa shape index (κ1) is 18.2. The monoisotopic (exact) mass is 311 g/mol. The average Bonchev–Trinajstić information content (AvgIpc) is 2.42. The van der Waals surface area contributed by atoms with Crippen LogP contribution in [0.2, 0.25) is 0 Å². The molecule has 0 heterocycles. The van der Waals surface area contributed by atoms with Crippen LogP contribution in [0.1, 0.15) is 52.5 Å². The Bertz CT molecular complexity index is 527. The molecule has 1 rings (SSSR count). The molecule has 0 fully saturated rings. The Hall–Kier alpha value is -0.870. The lowest BCUT2D eigenvalue weighted by molar-refractivity contribution is 0.533. The fraction of sp³-hybridized carbons (Fsp3) is 0.647. The molecule has 0 radical (unpaired) electrons. The van der Waals surface area contributed by atoms with Crippen molar-refractivity contribution in [1.82, 2.24) is 5.32 Å². The molecule has 0 spiro atoms.